The van der Waals surface area contributed by atoms with Crippen molar-refractivity contribution < 1.29 is 0 Å². The van der Waals surface area contributed by atoms with E-state index in [4.69, 9.17) is 0 Å². The number of hydrogen-bond donors (Lipinski definition) is 0. The summed E-state index contributed by atoms with van der Waals surface area (Å²) in [6.45, 7) is 11.6. The molecule has 1 atom stereocenters. The number of allylic oxidation sites excluding steroid dienone is 4. The SMILES string of the molecule is CCCc1ccccc1[SiH2]C1=C(C)C(C)=C(C)C1C. The molecule has 0 fully saturated rings. The predicted molar refractivity (Wildman–Crippen MR) is 88.9 cm³/mol. The maximum Gasteiger partial charge on any atom is 0.0839 e. The molecule has 0 spiro atoms. The first kappa shape index (κ1) is 14.3. The van der Waals surface area contributed by atoms with Crippen molar-refractivity contribution in [1.82, 2.24) is 0 Å². The van der Waals surface area contributed by atoms with E-state index < -0.39 is 0 Å². The van der Waals surface area contributed by atoms with Crippen LogP contribution < -0.4 is 5.19 Å². The van der Waals surface area contributed by atoms with Gasteiger partial charge in [0.25, 0.3) is 0 Å². The molecule has 2 rings (SSSR count). The van der Waals surface area contributed by atoms with Crippen molar-refractivity contribution in [2.45, 2.75) is 47.5 Å². The molecule has 0 N–H and O–H groups in total. The van der Waals surface area contributed by atoms with Crippen LogP contribution in [0.1, 0.15) is 46.6 Å². The smallest absolute Gasteiger partial charge is 0.0728 e. The molecule has 0 bridgehead atoms. The fourth-order valence-electron chi connectivity index (χ4n) is 3.18. The average Bonchev–Trinajstić information content (AvgIpc) is 2.59. The van der Waals surface area contributed by atoms with E-state index in [0.717, 1.165) is 0 Å². The van der Waals surface area contributed by atoms with Gasteiger partial charge in [-0.3, -0.25) is 0 Å². The van der Waals surface area contributed by atoms with Crippen molar-refractivity contribution in [1.29, 1.82) is 0 Å². The Hall–Kier alpha value is -1.08. The molecule has 1 heteroatoms. The van der Waals surface area contributed by atoms with Gasteiger partial charge in [-0.15, -0.1) is 0 Å². The lowest BCUT2D eigenvalue weighted by Crippen LogP contribution is -2.23. The molecule has 0 amide bonds. The van der Waals surface area contributed by atoms with E-state index in [1.54, 1.807) is 32.7 Å². The molecular formula is C18H26Si. The largest absolute Gasteiger partial charge is 0.0839 e. The lowest BCUT2D eigenvalue weighted by molar-refractivity contribution is 0.855. The Kier molecular flexibility index (Phi) is 4.46. The molecule has 0 aliphatic heterocycles. The Bertz CT molecular complexity index is 534. The van der Waals surface area contributed by atoms with Crippen molar-refractivity contribution in [3.05, 3.63) is 51.7 Å². The fraction of sp³-hybridized carbons (Fsp3) is 0.444. The molecule has 0 saturated carbocycles. The van der Waals surface area contributed by atoms with Crippen LogP contribution in [0.2, 0.25) is 0 Å². The van der Waals surface area contributed by atoms with Crippen LogP contribution in [0.4, 0.5) is 0 Å². The highest BCUT2D eigenvalue weighted by Gasteiger charge is 2.23. The summed E-state index contributed by atoms with van der Waals surface area (Å²) in [5.74, 6) is 0.682. The van der Waals surface area contributed by atoms with Crippen LogP contribution in [0.25, 0.3) is 0 Å². The average molecular weight is 270 g/mol. The van der Waals surface area contributed by atoms with E-state index in [2.05, 4.69) is 58.9 Å². The monoisotopic (exact) mass is 270 g/mol. The highest BCUT2D eigenvalue weighted by molar-refractivity contribution is 6.62. The Morgan fingerprint density at radius 1 is 1.05 bits per heavy atom. The highest BCUT2D eigenvalue weighted by atomic mass is 28.2. The summed E-state index contributed by atoms with van der Waals surface area (Å²) in [6, 6.07) is 9.10. The second-order valence-electron chi connectivity index (χ2n) is 5.88. The predicted octanol–water partition coefficient (Wildman–Crippen LogP) is 3.69. The molecule has 1 unspecified atom stereocenters. The van der Waals surface area contributed by atoms with E-state index in [0.29, 0.717) is 5.92 Å². The minimum absolute atomic E-state index is 0.305. The summed E-state index contributed by atoms with van der Waals surface area (Å²) in [6.07, 6.45) is 2.48. The van der Waals surface area contributed by atoms with Crippen LogP contribution in [0.15, 0.2) is 46.2 Å². The van der Waals surface area contributed by atoms with E-state index in [-0.39, 0.29) is 9.52 Å². The standard InChI is InChI=1S/C18H26Si/c1-6-9-16-10-7-8-11-17(16)19-18-14(4)12(2)13(3)15(18)5/h7-8,10-11,14H,6,9,19H2,1-5H3. The van der Waals surface area contributed by atoms with Crippen LogP contribution in [0.5, 0.6) is 0 Å². The Morgan fingerprint density at radius 2 is 1.74 bits per heavy atom. The quantitative estimate of drug-likeness (QED) is 0.732. The summed E-state index contributed by atoms with van der Waals surface area (Å²) in [5.41, 5.74) is 6.31. The maximum atomic E-state index is 2.39. The van der Waals surface area contributed by atoms with Gasteiger partial charge in [0.15, 0.2) is 0 Å². The minimum atomic E-state index is -0.305. The van der Waals surface area contributed by atoms with Crippen molar-refractivity contribution in [3.63, 3.8) is 0 Å². The van der Waals surface area contributed by atoms with Crippen LogP contribution in [0.3, 0.4) is 0 Å². The van der Waals surface area contributed by atoms with Crippen LogP contribution in [0, 0.1) is 5.92 Å². The van der Waals surface area contributed by atoms with Gasteiger partial charge in [-0.25, -0.2) is 0 Å². The first-order valence-electron chi connectivity index (χ1n) is 7.50. The highest BCUT2D eigenvalue weighted by Crippen LogP contribution is 2.35. The molecule has 0 heterocycles. The van der Waals surface area contributed by atoms with E-state index in [1.807, 2.05) is 0 Å². The van der Waals surface area contributed by atoms with Gasteiger partial charge in [0.2, 0.25) is 0 Å². The Morgan fingerprint density at radius 3 is 2.32 bits per heavy atom. The first-order chi connectivity index (χ1) is 9.06. The van der Waals surface area contributed by atoms with Crippen LogP contribution in [-0.4, -0.2) is 9.52 Å². The zero-order chi connectivity index (χ0) is 14.0. The lowest BCUT2D eigenvalue weighted by Gasteiger charge is -2.15. The molecular weight excluding hydrogens is 244 g/mol. The topological polar surface area (TPSA) is 0 Å². The normalized spacial score (nSPS) is 20.2. The van der Waals surface area contributed by atoms with Crippen LogP contribution >= 0.6 is 0 Å². The molecule has 0 saturated heterocycles. The number of aryl methyl sites for hydroxylation is 1. The molecule has 1 aliphatic rings. The summed E-state index contributed by atoms with van der Waals surface area (Å²) in [4.78, 5) is 0. The van der Waals surface area contributed by atoms with Crippen molar-refractivity contribution >= 4 is 14.7 Å². The third kappa shape index (κ3) is 2.76. The molecule has 1 aromatic rings. The van der Waals surface area contributed by atoms with E-state index in [1.165, 1.54) is 12.8 Å². The number of hydrogen-bond acceptors (Lipinski definition) is 0. The van der Waals surface area contributed by atoms with Gasteiger partial charge in [0.05, 0.1) is 9.52 Å². The number of benzene rings is 1. The molecule has 0 radical (unpaired) electrons. The molecule has 0 nitrogen and oxygen atoms in total. The van der Waals surface area contributed by atoms with E-state index in [9.17, 15) is 0 Å². The minimum Gasteiger partial charge on any atom is -0.0728 e. The molecule has 0 aromatic heterocycles. The van der Waals surface area contributed by atoms with Gasteiger partial charge < -0.3 is 0 Å². The third-order valence-electron chi connectivity index (χ3n) is 4.83. The molecule has 19 heavy (non-hydrogen) atoms. The maximum absolute atomic E-state index is 2.39. The van der Waals surface area contributed by atoms with Gasteiger partial charge in [-0.1, -0.05) is 66.1 Å². The summed E-state index contributed by atoms with van der Waals surface area (Å²) in [7, 11) is -0.305. The van der Waals surface area contributed by atoms with E-state index >= 15 is 0 Å². The van der Waals surface area contributed by atoms with Gasteiger partial charge >= 0.3 is 0 Å². The second-order valence-corrected chi connectivity index (χ2v) is 7.75. The Balaban J connectivity index is 2.29. The summed E-state index contributed by atoms with van der Waals surface area (Å²) < 4.78 is 0. The van der Waals surface area contributed by atoms with Gasteiger partial charge in [0.1, 0.15) is 0 Å². The first-order valence-corrected chi connectivity index (χ1v) is 8.91. The van der Waals surface area contributed by atoms with Gasteiger partial charge in [-0.2, -0.15) is 0 Å². The molecule has 102 valence electrons. The van der Waals surface area contributed by atoms with Crippen molar-refractivity contribution in [3.8, 4) is 0 Å². The van der Waals surface area contributed by atoms with Crippen molar-refractivity contribution in [2.75, 3.05) is 0 Å². The molecule has 1 aromatic carbocycles. The fourth-order valence-corrected chi connectivity index (χ4v) is 5.51. The van der Waals surface area contributed by atoms with Crippen LogP contribution in [-0.2, 0) is 6.42 Å². The van der Waals surface area contributed by atoms with Gasteiger partial charge in [0, 0.05) is 0 Å². The van der Waals surface area contributed by atoms with Gasteiger partial charge in [-0.05, 0) is 44.2 Å². The zero-order valence-corrected chi connectivity index (χ0v) is 14.4. The Labute approximate surface area is 120 Å². The summed E-state index contributed by atoms with van der Waals surface area (Å²) in [5, 5.41) is 3.42. The third-order valence-corrected chi connectivity index (χ3v) is 7.42. The lowest BCUT2D eigenvalue weighted by atomic mass is 10.1. The number of rotatable bonds is 4. The zero-order valence-electron chi connectivity index (χ0n) is 13.0. The van der Waals surface area contributed by atoms with Crippen molar-refractivity contribution in [2.24, 2.45) is 5.92 Å². The molecule has 1 aliphatic carbocycles. The summed E-state index contributed by atoms with van der Waals surface area (Å²) >= 11 is 0. The second kappa shape index (κ2) is 5.92.